The summed E-state index contributed by atoms with van der Waals surface area (Å²) in [6, 6.07) is 9.87. The van der Waals surface area contributed by atoms with Crippen LogP contribution in [0.4, 0.5) is 0 Å². The van der Waals surface area contributed by atoms with Gasteiger partial charge in [-0.15, -0.1) is 0 Å². The van der Waals surface area contributed by atoms with E-state index in [1.807, 2.05) is 19.1 Å². The van der Waals surface area contributed by atoms with Crippen LogP contribution in [0.2, 0.25) is 5.02 Å². The summed E-state index contributed by atoms with van der Waals surface area (Å²) in [5, 5.41) is 10.7. The monoisotopic (exact) mass is 379 g/mol. The Hall–Kier alpha value is -2.64. The van der Waals surface area contributed by atoms with Gasteiger partial charge >= 0.3 is 0 Å². The summed E-state index contributed by atoms with van der Waals surface area (Å²) < 4.78 is 5.81. The van der Waals surface area contributed by atoms with Gasteiger partial charge in [0.05, 0.1) is 23.2 Å². The number of pyridine rings is 2. The van der Waals surface area contributed by atoms with Gasteiger partial charge in [-0.2, -0.15) is 5.26 Å². The van der Waals surface area contributed by atoms with Crippen LogP contribution in [0, 0.1) is 18.3 Å². The third kappa shape index (κ3) is 3.61. The quantitative estimate of drug-likeness (QED) is 0.574. The number of hydrogen-bond donors (Lipinski definition) is 0. The van der Waals surface area contributed by atoms with Gasteiger partial charge in [0.15, 0.2) is 5.69 Å². The molecular formula is C22H22ClN3O. The van der Waals surface area contributed by atoms with Crippen LogP contribution in [-0.4, -0.2) is 16.6 Å². The molecule has 0 radical (unpaired) electrons. The molecule has 0 amide bonds. The van der Waals surface area contributed by atoms with E-state index in [1.54, 1.807) is 12.3 Å². The largest absolute Gasteiger partial charge is 0.493 e. The maximum Gasteiger partial charge on any atom is 0.153 e. The van der Waals surface area contributed by atoms with E-state index < -0.39 is 0 Å². The van der Waals surface area contributed by atoms with Crippen LogP contribution in [0.25, 0.3) is 22.2 Å². The molecule has 0 saturated carbocycles. The number of aromatic nitrogens is 2. The highest BCUT2D eigenvalue weighted by molar-refractivity contribution is 6.31. The molecule has 0 aliphatic heterocycles. The molecule has 138 valence electrons. The minimum Gasteiger partial charge on any atom is -0.493 e. The molecule has 0 aliphatic carbocycles. The lowest BCUT2D eigenvalue weighted by Gasteiger charge is -2.22. The third-order valence-corrected chi connectivity index (χ3v) is 4.80. The van der Waals surface area contributed by atoms with Crippen LogP contribution in [0.3, 0.4) is 0 Å². The lowest BCUT2D eigenvalue weighted by molar-refractivity contribution is 0.344. The van der Waals surface area contributed by atoms with Gasteiger partial charge in [-0.05, 0) is 42.5 Å². The van der Waals surface area contributed by atoms with Gasteiger partial charge in [0, 0.05) is 22.8 Å². The fourth-order valence-electron chi connectivity index (χ4n) is 3.17. The number of aryl methyl sites for hydroxylation is 1. The van der Waals surface area contributed by atoms with Crippen LogP contribution in [0.5, 0.6) is 5.75 Å². The molecule has 0 atom stereocenters. The zero-order chi connectivity index (χ0) is 19.8. The first-order valence-electron chi connectivity index (χ1n) is 8.90. The summed E-state index contributed by atoms with van der Waals surface area (Å²) in [5.74, 6) is 0.609. The van der Waals surface area contributed by atoms with Gasteiger partial charge in [-0.3, -0.25) is 0 Å². The maximum atomic E-state index is 9.39. The molecule has 0 unspecified atom stereocenters. The number of nitrogens with zero attached hydrogens (tertiary/aromatic N) is 3. The Morgan fingerprint density at radius 3 is 2.59 bits per heavy atom. The van der Waals surface area contributed by atoms with Crippen molar-refractivity contribution < 1.29 is 4.74 Å². The van der Waals surface area contributed by atoms with Crippen LogP contribution >= 0.6 is 11.6 Å². The highest BCUT2D eigenvalue weighted by Crippen LogP contribution is 2.37. The van der Waals surface area contributed by atoms with Gasteiger partial charge in [-0.25, -0.2) is 9.97 Å². The van der Waals surface area contributed by atoms with Crippen molar-refractivity contribution >= 4 is 22.5 Å². The molecule has 2 aromatic heterocycles. The van der Waals surface area contributed by atoms with Crippen molar-refractivity contribution in [3.8, 4) is 23.1 Å². The molecule has 3 aromatic rings. The highest BCUT2D eigenvalue weighted by Gasteiger charge is 2.20. The average molecular weight is 380 g/mol. The van der Waals surface area contributed by atoms with Crippen LogP contribution in [0.15, 0.2) is 30.5 Å². The van der Waals surface area contributed by atoms with Crippen molar-refractivity contribution in [1.82, 2.24) is 9.97 Å². The van der Waals surface area contributed by atoms with Crippen molar-refractivity contribution in [1.29, 1.82) is 5.26 Å². The smallest absolute Gasteiger partial charge is 0.153 e. The predicted octanol–water partition coefficient (Wildman–Crippen LogP) is 5.83. The fourth-order valence-corrected chi connectivity index (χ4v) is 3.62. The van der Waals surface area contributed by atoms with E-state index in [4.69, 9.17) is 21.3 Å². The molecule has 0 spiro atoms. The number of fused-ring (bicyclic) bond motifs is 1. The third-order valence-electron chi connectivity index (χ3n) is 4.49. The van der Waals surface area contributed by atoms with Crippen LogP contribution in [0.1, 0.15) is 44.5 Å². The molecule has 2 heterocycles. The van der Waals surface area contributed by atoms with Gasteiger partial charge < -0.3 is 4.74 Å². The molecule has 0 aliphatic rings. The summed E-state index contributed by atoms with van der Waals surface area (Å²) in [6.45, 7) is 10.9. The first-order chi connectivity index (χ1) is 12.8. The Kier molecular flexibility index (Phi) is 5.08. The van der Waals surface area contributed by atoms with Crippen LogP contribution < -0.4 is 4.74 Å². The van der Waals surface area contributed by atoms with Crippen molar-refractivity contribution in [2.45, 2.75) is 40.0 Å². The van der Waals surface area contributed by atoms with Crippen molar-refractivity contribution in [3.05, 3.63) is 52.3 Å². The summed E-state index contributed by atoms with van der Waals surface area (Å²) in [7, 11) is 0. The number of halogens is 1. The lowest BCUT2D eigenvalue weighted by Crippen LogP contribution is -2.12. The molecule has 27 heavy (non-hydrogen) atoms. The minimum absolute atomic E-state index is 0.0406. The maximum absolute atomic E-state index is 9.39. The molecule has 5 heteroatoms. The zero-order valence-electron chi connectivity index (χ0n) is 16.2. The number of nitriles is 1. The second-order valence-corrected chi connectivity index (χ2v) is 7.91. The predicted molar refractivity (Wildman–Crippen MR) is 109 cm³/mol. The Bertz CT molecular complexity index is 1060. The Morgan fingerprint density at radius 2 is 1.96 bits per heavy atom. The zero-order valence-corrected chi connectivity index (χ0v) is 17.0. The van der Waals surface area contributed by atoms with E-state index in [9.17, 15) is 5.26 Å². The molecule has 1 aromatic carbocycles. The standard InChI is InChI=1S/C22H22ClN3O/c1-6-27-20-11-18(26-17-7-8-25-19(12-24)21(17)20)14-10-16(23)15(9-13(14)2)22(3,4)5/h7-11H,6H2,1-5H3. The second-order valence-electron chi connectivity index (χ2n) is 7.50. The van der Waals surface area contributed by atoms with E-state index in [1.165, 1.54) is 0 Å². The van der Waals surface area contributed by atoms with E-state index in [0.717, 1.165) is 27.4 Å². The van der Waals surface area contributed by atoms with E-state index in [2.05, 4.69) is 44.8 Å². The summed E-state index contributed by atoms with van der Waals surface area (Å²) in [4.78, 5) is 8.90. The highest BCUT2D eigenvalue weighted by atomic mass is 35.5. The van der Waals surface area contributed by atoms with E-state index in [0.29, 0.717) is 29.0 Å². The number of ether oxygens (including phenoxy) is 1. The van der Waals surface area contributed by atoms with Crippen molar-refractivity contribution in [2.24, 2.45) is 0 Å². The molecule has 3 rings (SSSR count). The van der Waals surface area contributed by atoms with Gasteiger partial charge in [0.25, 0.3) is 0 Å². The van der Waals surface area contributed by atoms with Crippen LogP contribution in [-0.2, 0) is 5.41 Å². The molecule has 0 fully saturated rings. The first-order valence-corrected chi connectivity index (χ1v) is 9.27. The van der Waals surface area contributed by atoms with Crippen molar-refractivity contribution in [2.75, 3.05) is 6.61 Å². The van der Waals surface area contributed by atoms with Gasteiger partial charge in [0.2, 0.25) is 0 Å². The summed E-state index contributed by atoms with van der Waals surface area (Å²) in [6.07, 6.45) is 1.59. The molecule has 0 saturated heterocycles. The fraction of sp³-hybridized carbons (Fsp3) is 0.318. The van der Waals surface area contributed by atoms with Gasteiger partial charge in [-0.1, -0.05) is 38.4 Å². The molecule has 4 nitrogen and oxygen atoms in total. The molecular weight excluding hydrogens is 358 g/mol. The first kappa shape index (κ1) is 19.1. The minimum atomic E-state index is -0.0406. The average Bonchev–Trinajstić information content (AvgIpc) is 2.61. The normalized spacial score (nSPS) is 11.4. The topological polar surface area (TPSA) is 58.8 Å². The number of benzene rings is 1. The van der Waals surface area contributed by atoms with E-state index in [-0.39, 0.29) is 5.41 Å². The summed E-state index contributed by atoms with van der Waals surface area (Å²) >= 11 is 6.59. The lowest BCUT2D eigenvalue weighted by atomic mass is 9.85. The van der Waals surface area contributed by atoms with E-state index >= 15 is 0 Å². The Labute approximate surface area is 164 Å². The number of rotatable bonds is 3. The summed E-state index contributed by atoms with van der Waals surface area (Å²) in [5.41, 5.74) is 4.86. The van der Waals surface area contributed by atoms with Gasteiger partial charge in [0.1, 0.15) is 11.8 Å². The second kappa shape index (κ2) is 7.17. The number of hydrogen-bond acceptors (Lipinski definition) is 4. The van der Waals surface area contributed by atoms with Crippen molar-refractivity contribution in [3.63, 3.8) is 0 Å². The Balaban J connectivity index is 2.27. The Morgan fingerprint density at radius 1 is 1.22 bits per heavy atom. The molecule has 0 N–H and O–H groups in total. The SMILES string of the molecule is CCOc1cc(-c2cc(Cl)c(C(C)(C)C)cc2C)nc2ccnc(C#N)c12. The molecule has 0 bridgehead atoms.